The maximum absolute atomic E-state index is 12.7. The van der Waals surface area contributed by atoms with Crippen molar-refractivity contribution in [1.29, 1.82) is 0 Å². The summed E-state index contributed by atoms with van der Waals surface area (Å²) in [6, 6.07) is 4.19. The van der Waals surface area contributed by atoms with Gasteiger partial charge >= 0.3 is 0 Å². The first-order valence-corrected chi connectivity index (χ1v) is 7.98. The van der Waals surface area contributed by atoms with Crippen molar-refractivity contribution in [3.63, 3.8) is 0 Å². The molecule has 0 spiro atoms. The number of rotatable bonds is 1. The lowest BCUT2D eigenvalue weighted by molar-refractivity contribution is 0.0384. The predicted octanol–water partition coefficient (Wildman–Crippen LogP) is 3.64. The summed E-state index contributed by atoms with van der Waals surface area (Å²) in [6.45, 7) is 0.892. The van der Waals surface area contributed by atoms with E-state index in [0.717, 1.165) is 17.4 Å². The second kappa shape index (κ2) is 5.61. The first-order valence-electron chi connectivity index (χ1n) is 7.19. The fourth-order valence-electron chi connectivity index (χ4n) is 3.56. The Morgan fingerprint density at radius 3 is 2.89 bits per heavy atom. The van der Waals surface area contributed by atoms with Crippen molar-refractivity contribution in [2.24, 2.45) is 5.92 Å². The van der Waals surface area contributed by atoms with E-state index in [1.54, 1.807) is 6.20 Å². The van der Waals surface area contributed by atoms with Crippen LogP contribution in [0.1, 0.15) is 49.0 Å². The monoisotopic (exact) mass is 322 g/mol. The van der Waals surface area contributed by atoms with Gasteiger partial charge in [-0.15, -0.1) is 0 Å². The molecular weight excluding hydrogens is 304 g/mol. The quantitative estimate of drug-likeness (QED) is 0.790. The molecule has 2 atom stereocenters. The van der Waals surface area contributed by atoms with Gasteiger partial charge in [-0.3, -0.25) is 4.79 Å². The van der Waals surface area contributed by atoms with Crippen LogP contribution in [-0.4, -0.2) is 28.4 Å². The number of nitrogens with zero attached hydrogens (tertiary/aromatic N) is 2. The number of carbonyl (C=O) groups excluding carboxylic acids is 1. The van der Waals surface area contributed by atoms with Gasteiger partial charge in [0.1, 0.15) is 5.69 Å². The van der Waals surface area contributed by atoms with Crippen LogP contribution in [0.25, 0.3) is 0 Å². The van der Waals surface area contributed by atoms with E-state index in [-0.39, 0.29) is 5.91 Å². The molecule has 3 rings (SSSR count). The van der Waals surface area contributed by atoms with Gasteiger partial charge in [-0.2, -0.15) is 0 Å². The molecular formula is C15H19BrN2O. The fraction of sp³-hybridized carbons (Fsp3) is 0.600. The number of hydrogen-bond acceptors (Lipinski definition) is 2. The van der Waals surface area contributed by atoms with E-state index in [4.69, 9.17) is 0 Å². The zero-order valence-electron chi connectivity index (χ0n) is 11.0. The number of amides is 1. The lowest BCUT2D eigenvalue weighted by Crippen LogP contribution is -2.49. The summed E-state index contributed by atoms with van der Waals surface area (Å²) in [5.41, 5.74) is 0.564. The molecule has 3 nitrogen and oxygen atoms in total. The Balaban J connectivity index is 1.84. The van der Waals surface area contributed by atoms with Gasteiger partial charge in [-0.05, 0) is 59.7 Å². The second-order valence-electron chi connectivity index (χ2n) is 5.59. The van der Waals surface area contributed by atoms with Gasteiger partial charge in [0, 0.05) is 23.3 Å². The van der Waals surface area contributed by atoms with Crippen LogP contribution < -0.4 is 0 Å². The van der Waals surface area contributed by atoms with Gasteiger partial charge in [0.15, 0.2) is 0 Å². The molecule has 19 heavy (non-hydrogen) atoms. The zero-order chi connectivity index (χ0) is 13.2. The molecule has 1 aromatic heterocycles. The summed E-state index contributed by atoms with van der Waals surface area (Å²) in [7, 11) is 0. The molecule has 2 heterocycles. The van der Waals surface area contributed by atoms with Crippen LogP contribution in [0.4, 0.5) is 0 Å². The highest BCUT2D eigenvalue weighted by Gasteiger charge is 2.36. The smallest absolute Gasteiger partial charge is 0.273 e. The molecule has 1 saturated carbocycles. The van der Waals surface area contributed by atoms with E-state index in [1.807, 2.05) is 12.1 Å². The third kappa shape index (κ3) is 2.55. The minimum atomic E-state index is 0.101. The lowest BCUT2D eigenvalue weighted by Gasteiger charge is -2.44. The number of aromatic nitrogens is 1. The molecule has 2 aliphatic rings. The van der Waals surface area contributed by atoms with Crippen LogP contribution in [0.2, 0.25) is 0 Å². The summed E-state index contributed by atoms with van der Waals surface area (Å²) in [5.74, 6) is 0.818. The second-order valence-corrected chi connectivity index (χ2v) is 6.44. The van der Waals surface area contributed by atoms with Crippen molar-refractivity contribution < 1.29 is 4.79 Å². The highest BCUT2D eigenvalue weighted by molar-refractivity contribution is 9.10. The Kier molecular flexibility index (Phi) is 3.87. The van der Waals surface area contributed by atoms with Crippen LogP contribution in [0, 0.1) is 5.92 Å². The zero-order valence-corrected chi connectivity index (χ0v) is 12.6. The molecule has 0 radical (unpaired) electrons. The standard InChI is InChI=1S/C15H19BrN2O/c16-12-7-3-9-17-14(12)15(19)18-10-4-6-11-5-1-2-8-13(11)18/h3,7,9,11,13H,1-2,4-6,8,10H2/t11-,13-/m1/s1. The average Bonchev–Trinajstić information content (AvgIpc) is 2.46. The SMILES string of the molecule is O=C(c1ncccc1Br)N1CCC[C@H]2CCCC[C@H]21. The maximum Gasteiger partial charge on any atom is 0.273 e. The van der Waals surface area contributed by atoms with Crippen molar-refractivity contribution >= 4 is 21.8 Å². The summed E-state index contributed by atoms with van der Waals surface area (Å²) in [4.78, 5) is 19.0. The summed E-state index contributed by atoms with van der Waals surface area (Å²) in [6.07, 6.45) is 9.17. The Bertz CT molecular complexity index is 475. The van der Waals surface area contributed by atoms with Gasteiger partial charge in [0.05, 0.1) is 0 Å². The number of halogens is 1. The highest BCUT2D eigenvalue weighted by atomic mass is 79.9. The predicted molar refractivity (Wildman–Crippen MR) is 78.0 cm³/mol. The molecule has 0 N–H and O–H groups in total. The number of likely N-dealkylation sites (tertiary alicyclic amines) is 1. The third-order valence-corrected chi connectivity index (χ3v) is 5.11. The topological polar surface area (TPSA) is 33.2 Å². The minimum absolute atomic E-state index is 0.101. The Hall–Kier alpha value is -0.900. The van der Waals surface area contributed by atoms with E-state index in [0.29, 0.717) is 17.7 Å². The van der Waals surface area contributed by atoms with E-state index < -0.39 is 0 Å². The molecule has 1 aliphatic heterocycles. The van der Waals surface area contributed by atoms with Crippen molar-refractivity contribution in [3.8, 4) is 0 Å². The molecule has 102 valence electrons. The molecule has 2 fully saturated rings. The van der Waals surface area contributed by atoms with Crippen LogP contribution in [0.15, 0.2) is 22.8 Å². The van der Waals surface area contributed by atoms with Crippen LogP contribution in [-0.2, 0) is 0 Å². The summed E-state index contributed by atoms with van der Waals surface area (Å²) < 4.78 is 0.804. The maximum atomic E-state index is 12.7. The van der Waals surface area contributed by atoms with Crippen molar-refractivity contribution in [2.75, 3.05) is 6.54 Å². The first kappa shape index (κ1) is 13.1. The van der Waals surface area contributed by atoms with Gasteiger partial charge in [0.2, 0.25) is 0 Å². The number of carbonyl (C=O) groups is 1. The van der Waals surface area contributed by atoms with Gasteiger partial charge < -0.3 is 4.90 Å². The Labute approximate surface area is 122 Å². The van der Waals surface area contributed by atoms with Gasteiger partial charge in [-0.25, -0.2) is 4.98 Å². The lowest BCUT2D eigenvalue weighted by atomic mass is 9.78. The number of piperidine rings is 1. The normalized spacial score (nSPS) is 26.9. The van der Waals surface area contributed by atoms with E-state index in [1.165, 1.54) is 32.1 Å². The molecule has 1 saturated heterocycles. The van der Waals surface area contributed by atoms with Crippen molar-refractivity contribution in [2.45, 2.75) is 44.6 Å². The summed E-state index contributed by atoms with van der Waals surface area (Å²) >= 11 is 3.44. The molecule has 1 aromatic rings. The third-order valence-electron chi connectivity index (χ3n) is 4.47. The molecule has 0 bridgehead atoms. The van der Waals surface area contributed by atoms with E-state index >= 15 is 0 Å². The number of pyridine rings is 1. The first-order chi connectivity index (χ1) is 9.27. The molecule has 0 aromatic carbocycles. The van der Waals surface area contributed by atoms with E-state index in [9.17, 15) is 4.79 Å². The number of hydrogen-bond donors (Lipinski definition) is 0. The van der Waals surface area contributed by atoms with Gasteiger partial charge in [-0.1, -0.05) is 12.8 Å². The Morgan fingerprint density at radius 2 is 2.05 bits per heavy atom. The van der Waals surface area contributed by atoms with Crippen LogP contribution in [0.3, 0.4) is 0 Å². The van der Waals surface area contributed by atoms with Crippen LogP contribution >= 0.6 is 15.9 Å². The largest absolute Gasteiger partial charge is 0.334 e. The molecule has 1 amide bonds. The summed E-state index contributed by atoms with van der Waals surface area (Å²) in [5, 5.41) is 0. The minimum Gasteiger partial charge on any atom is -0.334 e. The average molecular weight is 323 g/mol. The molecule has 1 aliphatic carbocycles. The molecule has 0 unspecified atom stereocenters. The highest BCUT2D eigenvalue weighted by Crippen LogP contribution is 2.36. The van der Waals surface area contributed by atoms with Crippen molar-refractivity contribution in [3.05, 3.63) is 28.5 Å². The van der Waals surface area contributed by atoms with E-state index in [2.05, 4.69) is 25.8 Å². The Morgan fingerprint density at radius 1 is 1.26 bits per heavy atom. The van der Waals surface area contributed by atoms with Crippen LogP contribution in [0.5, 0.6) is 0 Å². The molecule has 4 heteroatoms. The van der Waals surface area contributed by atoms with Crippen molar-refractivity contribution in [1.82, 2.24) is 9.88 Å². The number of fused-ring (bicyclic) bond motifs is 1. The van der Waals surface area contributed by atoms with Gasteiger partial charge in [0.25, 0.3) is 5.91 Å². The fourth-order valence-corrected chi connectivity index (χ4v) is 3.98.